The topological polar surface area (TPSA) is 90.0 Å². The molecule has 1 saturated heterocycles. The van der Waals surface area contributed by atoms with Crippen molar-refractivity contribution in [3.05, 3.63) is 42.6 Å². The molecule has 3 aromatic heterocycles. The summed E-state index contributed by atoms with van der Waals surface area (Å²) in [5.74, 6) is 0.209. The fourth-order valence-electron chi connectivity index (χ4n) is 3.74. The average Bonchev–Trinajstić information content (AvgIpc) is 3.34. The van der Waals surface area contributed by atoms with E-state index in [9.17, 15) is 5.11 Å². The zero-order chi connectivity index (χ0) is 18.4. The lowest BCUT2D eigenvalue weighted by Gasteiger charge is -2.18. The molecule has 0 unspecified atom stereocenters. The number of anilines is 1. The molecule has 136 valence electrons. The van der Waals surface area contributed by atoms with Gasteiger partial charge in [0.2, 0.25) is 0 Å². The number of nitrogens with zero attached hydrogens (tertiary/aromatic N) is 4. The second-order valence-corrected chi connectivity index (χ2v) is 6.96. The number of nitrogens with one attached hydrogen (secondary N) is 2. The van der Waals surface area contributed by atoms with Crippen molar-refractivity contribution in [2.24, 2.45) is 0 Å². The number of phenols is 1. The van der Waals surface area contributed by atoms with Crippen LogP contribution in [0.3, 0.4) is 0 Å². The molecule has 7 heteroatoms. The number of H-pyrrole nitrogens is 1. The molecule has 3 N–H and O–H groups in total. The molecule has 4 aromatic rings. The molecule has 0 spiro atoms. The van der Waals surface area contributed by atoms with Gasteiger partial charge < -0.3 is 15.3 Å². The number of aromatic nitrogens is 4. The van der Waals surface area contributed by atoms with Gasteiger partial charge >= 0.3 is 0 Å². The number of aromatic hydroxyl groups is 1. The van der Waals surface area contributed by atoms with Gasteiger partial charge in [-0.05, 0) is 43.8 Å². The van der Waals surface area contributed by atoms with Gasteiger partial charge in [-0.2, -0.15) is 5.10 Å². The summed E-state index contributed by atoms with van der Waals surface area (Å²) in [5, 5.41) is 22.2. The molecule has 0 aliphatic carbocycles. The van der Waals surface area contributed by atoms with Gasteiger partial charge in [0.05, 0.1) is 23.1 Å². The van der Waals surface area contributed by atoms with Crippen LogP contribution in [0.25, 0.3) is 33.3 Å². The SMILES string of the molecule is CN[C@@H]1CCN(c2cnc3nc(-c4n[nH]c5cc(O)ccc45)ccc3c2)C1. The molecule has 5 rings (SSSR count). The van der Waals surface area contributed by atoms with Gasteiger partial charge in [-0.15, -0.1) is 0 Å². The molecule has 1 aliphatic rings. The van der Waals surface area contributed by atoms with Crippen LogP contribution >= 0.6 is 0 Å². The summed E-state index contributed by atoms with van der Waals surface area (Å²) in [6.07, 6.45) is 3.05. The number of pyridine rings is 2. The van der Waals surface area contributed by atoms with Crippen LogP contribution in [0.4, 0.5) is 5.69 Å². The molecule has 0 amide bonds. The number of benzene rings is 1. The zero-order valence-electron chi connectivity index (χ0n) is 15.0. The van der Waals surface area contributed by atoms with Crippen molar-refractivity contribution in [1.82, 2.24) is 25.5 Å². The van der Waals surface area contributed by atoms with E-state index in [0.29, 0.717) is 11.7 Å². The maximum Gasteiger partial charge on any atom is 0.159 e. The van der Waals surface area contributed by atoms with Crippen molar-refractivity contribution in [2.45, 2.75) is 12.5 Å². The third-order valence-electron chi connectivity index (χ3n) is 5.28. The van der Waals surface area contributed by atoms with Crippen molar-refractivity contribution in [2.75, 3.05) is 25.0 Å². The number of hydrogen-bond acceptors (Lipinski definition) is 6. The van der Waals surface area contributed by atoms with Gasteiger partial charge in [-0.3, -0.25) is 5.10 Å². The van der Waals surface area contributed by atoms with E-state index in [2.05, 4.69) is 31.5 Å². The van der Waals surface area contributed by atoms with E-state index in [1.54, 1.807) is 12.1 Å². The van der Waals surface area contributed by atoms with Crippen LogP contribution in [0.15, 0.2) is 42.6 Å². The van der Waals surface area contributed by atoms with Gasteiger partial charge in [0, 0.05) is 36.0 Å². The quantitative estimate of drug-likeness (QED) is 0.520. The summed E-state index contributed by atoms with van der Waals surface area (Å²) in [4.78, 5) is 11.6. The van der Waals surface area contributed by atoms with Crippen molar-refractivity contribution in [3.8, 4) is 17.1 Å². The molecule has 4 heterocycles. The normalized spacial score (nSPS) is 17.2. The zero-order valence-corrected chi connectivity index (χ0v) is 15.0. The van der Waals surface area contributed by atoms with Crippen LogP contribution < -0.4 is 10.2 Å². The second kappa shape index (κ2) is 6.21. The van der Waals surface area contributed by atoms with E-state index in [1.165, 1.54) is 0 Å². The molecule has 0 saturated carbocycles. The van der Waals surface area contributed by atoms with E-state index in [-0.39, 0.29) is 5.75 Å². The number of aromatic amines is 1. The summed E-state index contributed by atoms with van der Waals surface area (Å²) in [5.41, 5.74) is 4.14. The van der Waals surface area contributed by atoms with Crippen LogP contribution in [-0.2, 0) is 0 Å². The smallest absolute Gasteiger partial charge is 0.159 e. The first-order valence-electron chi connectivity index (χ1n) is 9.08. The highest BCUT2D eigenvalue weighted by molar-refractivity contribution is 5.93. The van der Waals surface area contributed by atoms with Crippen LogP contribution in [0.5, 0.6) is 5.75 Å². The first kappa shape index (κ1) is 16.0. The highest BCUT2D eigenvalue weighted by atomic mass is 16.3. The van der Waals surface area contributed by atoms with Crippen LogP contribution in [-0.4, -0.2) is 51.5 Å². The molecule has 1 atom stereocenters. The lowest BCUT2D eigenvalue weighted by atomic mass is 10.1. The summed E-state index contributed by atoms with van der Waals surface area (Å²) in [6, 6.07) is 11.9. The third kappa shape index (κ3) is 2.76. The highest BCUT2D eigenvalue weighted by Crippen LogP contribution is 2.29. The molecular weight excluding hydrogens is 340 g/mol. The van der Waals surface area contributed by atoms with E-state index in [0.717, 1.165) is 52.9 Å². The summed E-state index contributed by atoms with van der Waals surface area (Å²) >= 11 is 0. The van der Waals surface area contributed by atoms with E-state index in [4.69, 9.17) is 4.98 Å². The first-order valence-corrected chi connectivity index (χ1v) is 9.08. The van der Waals surface area contributed by atoms with Gasteiger partial charge in [-0.25, -0.2) is 9.97 Å². The largest absolute Gasteiger partial charge is 0.508 e. The van der Waals surface area contributed by atoms with Crippen LogP contribution in [0, 0.1) is 0 Å². The van der Waals surface area contributed by atoms with Gasteiger partial charge in [-0.1, -0.05) is 0 Å². The molecule has 27 heavy (non-hydrogen) atoms. The summed E-state index contributed by atoms with van der Waals surface area (Å²) in [7, 11) is 2.01. The molecule has 1 fully saturated rings. The van der Waals surface area contributed by atoms with Gasteiger partial charge in [0.1, 0.15) is 11.4 Å². The Balaban J connectivity index is 1.51. The third-order valence-corrected chi connectivity index (χ3v) is 5.28. The Labute approximate surface area is 156 Å². The first-order chi connectivity index (χ1) is 13.2. The Hall–Kier alpha value is -3.19. The molecule has 1 aliphatic heterocycles. The van der Waals surface area contributed by atoms with E-state index < -0.39 is 0 Å². The summed E-state index contributed by atoms with van der Waals surface area (Å²) < 4.78 is 0. The standard InChI is InChI=1S/C20H20N6O/c1-21-13-6-7-26(11-13)14-8-12-2-5-17(23-20(12)22-10-14)19-16-4-3-15(27)9-18(16)24-25-19/h2-5,8-10,13,21,27H,6-7,11H2,1H3,(H,24,25)/t13-/m1/s1. The molecule has 1 aromatic carbocycles. The minimum atomic E-state index is 0.209. The Bertz CT molecular complexity index is 1140. The van der Waals surface area contributed by atoms with E-state index in [1.807, 2.05) is 31.4 Å². The predicted molar refractivity (Wildman–Crippen MR) is 106 cm³/mol. The second-order valence-electron chi connectivity index (χ2n) is 6.96. The number of likely N-dealkylation sites (N-methyl/N-ethyl adjacent to an activating group) is 1. The van der Waals surface area contributed by atoms with Crippen molar-refractivity contribution in [3.63, 3.8) is 0 Å². The molecular formula is C20H20N6O. The maximum absolute atomic E-state index is 9.62. The Morgan fingerprint density at radius 2 is 2.15 bits per heavy atom. The molecule has 0 radical (unpaired) electrons. The van der Waals surface area contributed by atoms with Crippen molar-refractivity contribution >= 4 is 27.6 Å². The van der Waals surface area contributed by atoms with Crippen molar-refractivity contribution in [1.29, 1.82) is 0 Å². The highest BCUT2D eigenvalue weighted by Gasteiger charge is 2.21. The minimum Gasteiger partial charge on any atom is -0.508 e. The lowest BCUT2D eigenvalue weighted by molar-refractivity contribution is 0.476. The van der Waals surface area contributed by atoms with E-state index >= 15 is 0 Å². The van der Waals surface area contributed by atoms with Gasteiger partial charge in [0.15, 0.2) is 5.65 Å². The Morgan fingerprint density at radius 3 is 3.00 bits per heavy atom. The number of hydrogen-bond donors (Lipinski definition) is 3. The summed E-state index contributed by atoms with van der Waals surface area (Å²) in [6.45, 7) is 2.04. The Morgan fingerprint density at radius 1 is 1.22 bits per heavy atom. The maximum atomic E-state index is 9.62. The van der Waals surface area contributed by atoms with Crippen molar-refractivity contribution < 1.29 is 5.11 Å². The van der Waals surface area contributed by atoms with Crippen LogP contribution in [0.2, 0.25) is 0 Å². The molecule has 0 bridgehead atoms. The van der Waals surface area contributed by atoms with Gasteiger partial charge in [0.25, 0.3) is 0 Å². The predicted octanol–water partition coefficient (Wildman–Crippen LogP) is 2.68. The lowest BCUT2D eigenvalue weighted by Crippen LogP contribution is -2.29. The fraction of sp³-hybridized carbons (Fsp3) is 0.250. The monoisotopic (exact) mass is 360 g/mol. The average molecular weight is 360 g/mol. The van der Waals surface area contributed by atoms with Crippen LogP contribution in [0.1, 0.15) is 6.42 Å². The Kier molecular flexibility index (Phi) is 3.68. The fourth-order valence-corrected chi connectivity index (χ4v) is 3.74. The molecule has 7 nitrogen and oxygen atoms in total. The number of fused-ring (bicyclic) bond motifs is 2. The number of rotatable bonds is 3. The number of phenolic OH excluding ortho intramolecular Hbond substituents is 1. The minimum absolute atomic E-state index is 0.209.